The second-order valence-corrected chi connectivity index (χ2v) is 5.15. The molecule has 3 N–H and O–H groups in total. The summed E-state index contributed by atoms with van der Waals surface area (Å²) < 4.78 is 0. The molecule has 0 spiro atoms. The summed E-state index contributed by atoms with van der Waals surface area (Å²) in [6.07, 6.45) is 0. The van der Waals surface area contributed by atoms with Crippen molar-refractivity contribution >= 4 is 17.5 Å². The molecule has 0 atom stereocenters. The third-order valence-electron chi connectivity index (χ3n) is 3.53. The highest BCUT2D eigenvalue weighted by Crippen LogP contribution is 2.18. The fraction of sp³-hybridized carbons (Fsp3) is 0.176. The van der Waals surface area contributed by atoms with Gasteiger partial charge in [0.1, 0.15) is 0 Å². The molecule has 2 amide bonds. The van der Waals surface area contributed by atoms with Crippen LogP contribution in [0.2, 0.25) is 0 Å². The molecule has 4 heteroatoms. The van der Waals surface area contributed by atoms with E-state index in [9.17, 15) is 9.59 Å². The fourth-order valence-corrected chi connectivity index (χ4v) is 2.03. The quantitative estimate of drug-likeness (QED) is 0.908. The number of carbonyl (C=O) groups is 2. The lowest BCUT2D eigenvalue weighted by atomic mass is 10.1. The Kier molecular flexibility index (Phi) is 4.08. The average Bonchev–Trinajstić information content (AvgIpc) is 2.43. The van der Waals surface area contributed by atoms with Crippen molar-refractivity contribution in [1.82, 2.24) is 0 Å². The van der Waals surface area contributed by atoms with E-state index >= 15 is 0 Å². The first-order chi connectivity index (χ1) is 9.88. The summed E-state index contributed by atoms with van der Waals surface area (Å²) in [7, 11) is 0. The summed E-state index contributed by atoms with van der Waals surface area (Å²) in [6.45, 7) is 5.80. The number of rotatable bonds is 3. The maximum absolute atomic E-state index is 12.2. The number of primary amides is 1. The maximum Gasteiger partial charge on any atom is 0.255 e. The van der Waals surface area contributed by atoms with Crippen LogP contribution in [0.1, 0.15) is 37.4 Å². The number of carbonyl (C=O) groups excluding carboxylic acids is 2. The predicted octanol–water partition coefficient (Wildman–Crippen LogP) is 2.96. The van der Waals surface area contributed by atoms with Crippen LogP contribution in [0.5, 0.6) is 0 Å². The van der Waals surface area contributed by atoms with Crippen molar-refractivity contribution in [3.05, 3.63) is 64.2 Å². The van der Waals surface area contributed by atoms with Crippen LogP contribution in [0.25, 0.3) is 0 Å². The average molecular weight is 282 g/mol. The van der Waals surface area contributed by atoms with E-state index in [1.165, 1.54) is 0 Å². The van der Waals surface area contributed by atoms with Crippen molar-refractivity contribution in [2.24, 2.45) is 5.73 Å². The molecule has 2 aromatic carbocycles. The molecule has 4 nitrogen and oxygen atoms in total. The Balaban J connectivity index is 2.23. The van der Waals surface area contributed by atoms with Crippen LogP contribution in [0.15, 0.2) is 36.4 Å². The SMILES string of the molecule is Cc1ccc(C(=O)Nc2ccc(C(N)=O)cc2C)cc1C. The largest absolute Gasteiger partial charge is 0.366 e. The highest BCUT2D eigenvalue weighted by molar-refractivity contribution is 6.05. The van der Waals surface area contributed by atoms with Gasteiger partial charge in [0.25, 0.3) is 5.91 Å². The number of benzene rings is 2. The van der Waals surface area contributed by atoms with E-state index < -0.39 is 5.91 Å². The molecule has 0 aromatic heterocycles. The Labute approximate surface area is 124 Å². The van der Waals surface area contributed by atoms with Crippen molar-refractivity contribution in [2.75, 3.05) is 5.32 Å². The molecule has 108 valence electrons. The topological polar surface area (TPSA) is 72.2 Å². The molecule has 2 rings (SSSR count). The first kappa shape index (κ1) is 14.8. The third-order valence-corrected chi connectivity index (χ3v) is 3.53. The molecule has 0 bridgehead atoms. The Morgan fingerprint density at radius 2 is 1.48 bits per heavy atom. The van der Waals surface area contributed by atoms with E-state index in [1.54, 1.807) is 24.3 Å². The zero-order valence-corrected chi connectivity index (χ0v) is 12.4. The van der Waals surface area contributed by atoms with Gasteiger partial charge in [-0.2, -0.15) is 0 Å². The van der Waals surface area contributed by atoms with E-state index in [-0.39, 0.29) is 5.91 Å². The molecule has 0 saturated carbocycles. The van der Waals surface area contributed by atoms with E-state index in [0.717, 1.165) is 16.7 Å². The molecule has 0 fully saturated rings. The smallest absolute Gasteiger partial charge is 0.255 e. The second-order valence-electron chi connectivity index (χ2n) is 5.15. The Hall–Kier alpha value is -2.62. The number of hydrogen-bond acceptors (Lipinski definition) is 2. The number of nitrogens with one attached hydrogen (secondary N) is 1. The van der Waals surface area contributed by atoms with Crippen molar-refractivity contribution in [1.29, 1.82) is 0 Å². The molecule has 0 aliphatic rings. The van der Waals surface area contributed by atoms with Crippen molar-refractivity contribution < 1.29 is 9.59 Å². The lowest BCUT2D eigenvalue weighted by Crippen LogP contribution is -2.15. The van der Waals surface area contributed by atoms with Gasteiger partial charge >= 0.3 is 0 Å². The number of hydrogen-bond donors (Lipinski definition) is 2. The number of nitrogens with two attached hydrogens (primary N) is 1. The number of aryl methyl sites for hydroxylation is 3. The van der Waals surface area contributed by atoms with Gasteiger partial charge in [0.15, 0.2) is 0 Å². The fourth-order valence-electron chi connectivity index (χ4n) is 2.03. The van der Waals surface area contributed by atoms with Gasteiger partial charge in [0.2, 0.25) is 5.91 Å². The van der Waals surface area contributed by atoms with Gasteiger partial charge in [-0.25, -0.2) is 0 Å². The summed E-state index contributed by atoms with van der Waals surface area (Å²) in [5.74, 6) is -0.654. The normalized spacial score (nSPS) is 10.2. The lowest BCUT2D eigenvalue weighted by molar-refractivity contribution is 0.0998. The third kappa shape index (κ3) is 3.28. The summed E-state index contributed by atoms with van der Waals surface area (Å²) in [6, 6.07) is 10.5. The molecule has 0 unspecified atom stereocenters. The van der Waals surface area contributed by atoms with Gasteiger partial charge < -0.3 is 11.1 Å². The minimum Gasteiger partial charge on any atom is -0.366 e. The highest BCUT2D eigenvalue weighted by Gasteiger charge is 2.10. The van der Waals surface area contributed by atoms with Gasteiger partial charge in [-0.1, -0.05) is 6.07 Å². The van der Waals surface area contributed by atoms with Crippen LogP contribution in [-0.4, -0.2) is 11.8 Å². The number of amides is 2. The summed E-state index contributed by atoms with van der Waals surface area (Å²) in [5.41, 5.74) is 9.95. The first-order valence-electron chi connectivity index (χ1n) is 6.67. The van der Waals surface area contributed by atoms with Crippen LogP contribution in [0.3, 0.4) is 0 Å². The van der Waals surface area contributed by atoms with Gasteiger partial charge in [-0.3, -0.25) is 9.59 Å². The van der Waals surface area contributed by atoms with E-state index in [2.05, 4.69) is 5.32 Å². The molecule has 0 aliphatic carbocycles. The Morgan fingerprint density at radius 1 is 0.857 bits per heavy atom. The van der Waals surface area contributed by atoms with Gasteiger partial charge in [-0.15, -0.1) is 0 Å². The van der Waals surface area contributed by atoms with Crippen LogP contribution in [0, 0.1) is 20.8 Å². The summed E-state index contributed by atoms with van der Waals surface area (Å²) >= 11 is 0. The van der Waals surface area contributed by atoms with Crippen molar-refractivity contribution in [2.45, 2.75) is 20.8 Å². The van der Waals surface area contributed by atoms with Gasteiger partial charge in [0.05, 0.1) is 0 Å². The van der Waals surface area contributed by atoms with E-state index in [0.29, 0.717) is 16.8 Å². The van der Waals surface area contributed by atoms with Gasteiger partial charge in [0, 0.05) is 16.8 Å². The standard InChI is InChI=1S/C17H18N2O2/c1-10-4-5-14(8-11(10)2)17(21)19-15-7-6-13(16(18)20)9-12(15)3/h4-9H,1-3H3,(H2,18,20)(H,19,21). The van der Waals surface area contributed by atoms with E-state index in [1.807, 2.05) is 32.9 Å². The summed E-state index contributed by atoms with van der Waals surface area (Å²) in [4.78, 5) is 23.4. The van der Waals surface area contributed by atoms with Gasteiger partial charge in [-0.05, 0) is 67.8 Å². The monoisotopic (exact) mass is 282 g/mol. The predicted molar refractivity (Wildman–Crippen MR) is 83.6 cm³/mol. The Bertz CT molecular complexity index is 721. The Morgan fingerprint density at radius 3 is 2.05 bits per heavy atom. The van der Waals surface area contributed by atoms with Crippen molar-refractivity contribution in [3.63, 3.8) is 0 Å². The second kappa shape index (κ2) is 5.79. The summed E-state index contributed by atoms with van der Waals surface area (Å²) in [5, 5.41) is 2.85. The molecular formula is C17H18N2O2. The maximum atomic E-state index is 12.2. The molecular weight excluding hydrogens is 264 g/mol. The van der Waals surface area contributed by atoms with Crippen LogP contribution in [-0.2, 0) is 0 Å². The zero-order valence-electron chi connectivity index (χ0n) is 12.4. The number of anilines is 1. The van der Waals surface area contributed by atoms with Crippen LogP contribution < -0.4 is 11.1 Å². The minimum atomic E-state index is -0.481. The minimum absolute atomic E-state index is 0.173. The molecule has 2 aromatic rings. The molecule has 21 heavy (non-hydrogen) atoms. The molecule has 0 heterocycles. The molecule has 0 aliphatic heterocycles. The highest BCUT2D eigenvalue weighted by atomic mass is 16.2. The van der Waals surface area contributed by atoms with Crippen LogP contribution >= 0.6 is 0 Å². The zero-order chi connectivity index (χ0) is 15.6. The lowest BCUT2D eigenvalue weighted by Gasteiger charge is -2.10. The molecule has 0 radical (unpaired) electrons. The molecule has 0 saturated heterocycles. The van der Waals surface area contributed by atoms with E-state index in [4.69, 9.17) is 5.73 Å². The van der Waals surface area contributed by atoms with Crippen LogP contribution in [0.4, 0.5) is 5.69 Å². The van der Waals surface area contributed by atoms with Crippen molar-refractivity contribution in [3.8, 4) is 0 Å². The first-order valence-corrected chi connectivity index (χ1v) is 6.67.